The molecule has 0 saturated heterocycles. The second kappa shape index (κ2) is 22.2. The molecule has 5 rings (SSSR count). The maximum absolute atomic E-state index is 8.67. The molecule has 1 aromatic heterocycles. The second-order valence-corrected chi connectivity index (χ2v) is 15.3. The average molecular weight is 734 g/mol. The van der Waals surface area contributed by atoms with Crippen LogP contribution in [0.5, 0.6) is 0 Å². The van der Waals surface area contributed by atoms with E-state index in [1.807, 2.05) is 6.07 Å². The maximum atomic E-state index is 8.67. The first-order valence-electron chi connectivity index (χ1n) is 13.4. The summed E-state index contributed by atoms with van der Waals surface area (Å²) in [6, 6.07) is 51.4. The van der Waals surface area contributed by atoms with Gasteiger partial charge in [0.05, 0.1) is 17.1 Å². The maximum Gasteiger partial charge on any atom is 2.00 e. The summed E-state index contributed by atoms with van der Waals surface area (Å²) in [5, 5.41) is 14.8. The van der Waals surface area contributed by atoms with Crippen LogP contribution in [0.15, 0.2) is 150 Å². The van der Waals surface area contributed by atoms with E-state index in [9.17, 15) is 0 Å². The molecule has 0 saturated carbocycles. The van der Waals surface area contributed by atoms with E-state index >= 15 is 0 Å². The van der Waals surface area contributed by atoms with Gasteiger partial charge in [0.25, 0.3) is 0 Å². The third-order valence-corrected chi connectivity index (χ3v) is 11.8. The Morgan fingerprint density at radius 1 is 0.591 bits per heavy atom. The van der Waals surface area contributed by atoms with Gasteiger partial charge in [0.2, 0.25) is 0 Å². The van der Waals surface area contributed by atoms with Crippen molar-refractivity contribution in [2.75, 3.05) is 17.7 Å². The van der Waals surface area contributed by atoms with Crippen LogP contribution >= 0.6 is 39.0 Å². The predicted octanol–water partition coefficient (Wildman–Crippen LogP) is 8.04. The van der Waals surface area contributed by atoms with E-state index in [0.29, 0.717) is 11.3 Å². The zero-order valence-electron chi connectivity index (χ0n) is 23.7. The van der Waals surface area contributed by atoms with E-state index < -0.39 is 0 Å². The fourth-order valence-corrected chi connectivity index (χ4v) is 9.82. The van der Waals surface area contributed by atoms with Crippen LogP contribution in [-0.4, -0.2) is 22.6 Å². The molecule has 226 valence electrons. The van der Waals surface area contributed by atoms with Gasteiger partial charge in [-0.1, -0.05) is 127 Å². The van der Waals surface area contributed by atoms with Gasteiger partial charge in [0.15, 0.2) is 0 Å². The van der Waals surface area contributed by atoms with E-state index in [0.717, 1.165) is 0 Å². The molecule has 0 unspecified atom stereocenters. The van der Waals surface area contributed by atoms with Crippen molar-refractivity contribution in [3.05, 3.63) is 156 Å². The van der Waals surface area contributed by atoms with E-state index in [1.165, 1.54) is 33.5 Å². The average Bonchev–Trinajstić information content (AvgIpc) is 3.06. The number of benzene rings is 4. The molecule has 5 aromatic rings. The number of nitrogens with zero attached hydrogens (tertiary/aromatic N) is 2. The Kier molecular flexibility index (Phi) is 19.1. The van der Waals surface area contributed by atoms with Crippen LogP contribution in [0.2, 0.25) is 0 Å². The molecule has 0 bridgehead atoms. The molecule has 0 fully saturated rings. The van der Waals surface area contributed by atoms with Crippen LogP contribution < -0.4 is 21.2 Å². The van der Waals surface area contributed by atoms with Crippen molar-refractivity contribution >= 4 is 91.1 Å². The van der Waals surface area contributed by atoms with Gasteiger partial charge < -0.3 is 29.5 Å². The smallest absolute Gasteiger partial charge is 0.806 e. The Labute approximate surface area is 295 Å². The van der Waals surface area contributed by atoms with E-state index in [4.69, 9.17) is 53.7 Å². The minimum atomic E-state index is -0.348. The molecule has 0 aliphatic heterocycles. The summed E-state index contributed by atoms with van der Waals surface area (Å²) in [5.74, 6) is 0. The number of halogens is 2. The molecule has 0 aliphatic rings. The van der Waals surface area contributed by atoms with Gasteiger partial charge in [-0.15, -0.1) is 23.2 Å². The van der Waals surface area contributed by atoms with Crippen LogP contribution in [0.25, 0.3) is 5.57 Å². The van der Waals surface area contributed by atoms with E-state index in [-0.39, 0.29) is 41.9 Å². The van der Waals surface area contributed by atoms with Gasteiger partial charge >= 0.3 is 16.5 Å². The topological polar surface area (TPSA) is 36.7 Å². The third kappa shape index (κ3) is 12.6. The van der Waals surface area contributed by atoms with Crippen molar-refractivity contribution < 1.29 is 16.5 Å². The van der Waals surface area contributed by atoms with Crippen molar-refractivity contribution in [2.45, 2.75) is 0 Å². The number of pyridine rings is 1. The summed E-state index contributed by atoms with van der Waals surface area (Å²) < 4.78 is 0.163. The first-order chi connectivity index (χ1) is 21.1. The summed E-state index contributed by atoms with van der Waals surface area (Å²) in [5.41, 5.74) is 0.834. The number of alkyl halides is 2. The largest absolute Gasteiger partial charge is 2.00 e. The van der Waals surface area contributed by atoms with Crippen LogP contribution in [-0.2, 0) is 41.7 Å². The Morgan fingerprint density at radius 2 is 0.909 bits per heavy atom. The fourth-order valence-electron chi connectivity index (χ4n) is 4.16. The molecule has 1 heterocycles. The quantitative estimate of drug-likeness (QED) is 0.0532. The second-order valence-electron chi connectivity index (χ2n) is 8.74. The van der Waals surface area contributed by atoms with Crippen molar-refractivity contribution in [2.24, 2.45) is 0 Å². The monoisotopic (exact) mass is 732 g/mol. The first kappa shape index (κ1) is 37.8. The van der Waals surface area contributed by atoms with Gasteiger partial charge in [-0.2, -0.15) is 5.26 Å². The number of allylic oxidation sites excluding steroid dienone is 1. The third-order valence-electron chi connectivity index (χ3n) is 6.06. The van der Waals surface area contributed by atoms with Crippen molar-refractivity contribution in [1.82, 2.24) is 4.98 Å². The van der Waals surface area contributed by atoms with E-state index in [1.54, 1.807) is 24.4 Å². The number of hydrogen-bond donors (Lipinski definition) is 0. The Hall–Kier alpha value is -2.37. The summed E-state index contributed by atoms with van der Waals surface area (Å²) >= 11 is 19.0. The summed E-state index contributed by atoms with van der Waals surface area (Å²) in [6.07, 6.45) is 4.01. The number of rotatable bonds is 8. The summed E-state index contributed by atoms with van der Waals surface area (Å²) in [4.78, 5) is 3.96. The van der Waals surface area contributed by atoms with Crippen molar-refractivity contribution in [3.63, 3.8) is 0 Å². The standard InChI is InChI=1S/C26H24P2.C8H6N2S2.CH2Cl2.Ni/c1-5-13-23(14-6-1)27(24-15-7-2-8-16-24)21-22-28(25-17-9-3-10-18-25)26-19-11-4-12-20-26;9-5-6(8(11)12)7-3-1-2-4-10-7;2-1-3;/h1-20H,21-22H2;1-4,11-12H;1H2;/q;;;+2/p-2. The number of nitriles is 1. The van der Waals surface area contributed by atoms with Crippen LogP contribution in [0.4, 0.5) is 0 Å². The number of hydrogen-bond acceptors (Lipinski definition) is 4. The van der Waals surface area contributed by atoms with Gasteiger partial charge in [-0.3, -0.25) is 4.98 Å². The van der Waals surface area contributed by atoms with Gasteiger partial charge in [0, 0.05) is 11.8 Å². The minimum absolute atomic E-state index is 0. The molecule has 2 nitrogen and oxygen atoms in total. The molecular formula is C35H30Cl2N2NiP2S2. The molecule has 44 heavy (non-hydrogen) atoms. The molecule has 0 spiro atoms. The molecule has 0 amide bonds. The van der Waals surface area contributed by atoms with Gasteiger partial charge in [-0.25, -0.2) is 0 Å². The first-order valence-corrected chi connectivity index (χ1v) is 18.3. The molecule has 0 atom stereocenters. The van der Waals surface area contributed by atoms with Gasteiger partial charge in [-0.05, 0) is 61.5 Å². The molecule has 0 N–H and O–H groups in total. The minimum Gasteiger partial charge on any atom is -0.806 e. The Bertz CT molecular complexity index is 1380. The zero-order chi connectivity index (χ0) is 30.7. The Morgan fingerprint density at radius 3 is 1.16 bits per heavy atom. The molecule has 4 aromatic carbocycles. The molecular weight excluding hydrogens is 704 g/mol. The predicted molar refractivity (Wildman–Crippen MR) is 196 cm³/mol. The molecule has 9 heteroatoms. The number of aromatic nitrogens is 1. The van der Waals surface area contributed by atoms with Crippen LogP contribution in [0.1, 0.15) is 5.69 Å². The van der Waals surface area contributed by atoms with E-state index in [2.05, 4.69) is 126 Å². The summed E-state index contributed by atoms with van der Waals surface area (Å²) in [6.45, 7) is 0. The van der Waals surface area contributed by atoms with Gasteiger partial charge in [0.1, 0.15) is 0 Å². The van der Waals surface area contributed by atoms with Crippen LogP contribution in [0.3, 0.4) is 0 Å². The Balaban J connectivity index is 0.000000354. The molecule has 0 aliphatic carbocycles. The van der Waals surface area contributed by atoms with Crippen molar-refractivity contribution in [1.29, 1.82) is 5.26 Å². The molecule has 0 radical (unpaired) electrons. The van der Waals surface area contributed by atoms with Crippen molar-refractivity contribution in [3.8, 4) is 6.07 Å². The fraction of sp³-hybridized carbons (Fsp3) is 0.0857. The zero-order valence-corrected chi connectivity index (χ0v) is 29.6. The normalized spacial score (nSPS) is 9.80. The van der Waals surface area contributed by atoms with Crippen LogP contribution in [0, 0.1) is 11.3 Å². The SMILES string of the molecule is ClCCl.N#CC(=C([S-])[S-])c1ccccn1.[Ni+2].c1ccc(P(CCP(c2ccccc2)c2ccccc2)c2ccccc2)cc1. The summed E-state index contributed by atoms with van der Waals surface area (Å²) in [7, 11) is -0.696.